The quantitative estimate of drug-likeness (QED) is 0.632. The highest BCUT2D eigenvalue weighted by atomic mass is 16.5. The lowest BCUT2D eigenvalue weighted by Crippen LogP contribution is -2.22. The molecule has 0 saturated carbocycles. The van der Waals surface area contributed by atoms with Crippen molar-refractivity contribution in [3.05, 3.63) is 77.9 Å². The minimum absolute atomic E-state index is 0.308. The molecule has 2 amide bonds. The van der Waals surface area contributed by atoms with Crippen LogP contribution in [0.2, 0.25) is 0 Å². The second-order valence-corrected chi connectivity index (χ2v) is 6.00. The lowest BCUT2D eigenvalue weighted by Gasteiger charge is -2.10. The number of nitrogen functional groups attached to an aromatic ring is 1. The van der Waals surface area contributed by atoms with Gasteiger partial charge < -0.3 is 21.1 Å². The van der Waals surface area contributed by atoms with Gasteiger partial charge in [-0.3, -0.25) is 4.79 Å². The van der Waals surface area contributed by atoms with Crippen molar-refractivity contribution in [1.82, 2.24) is 10.3 Å². The zero-order chi connectivity index (χ0) is 19.9. The first-order valence-corrected chi connectivity index (χ1v) is 8.61. The molecule has 2 aromatic carbocycles. The maximum absolute atomic E-state index is 12.5. The molecule has 1 heterocycles. The van der Waals surface area contributed by atoms with Gasteiger partial charge in [0.1, 0.15) is 0 Å². The highest BCUT2D eigenvalue weighted by molar-refractivity contribution is 6.05. The first-order valence-electron chi connectivity index (χ1n) is 8.61. The van der Waals surface area contributed by atoms with Crippen molar-refractivity contribution >= 4 is 23.5 Å². The van der Waals surface area contributed by atoms with Crippen LogP contribution in [0.3, 0.4) is 0 Å². The summed E-state index contributed by atoms with van der Waals surface area (Å²) < 4.78 is 4.52. The Balaban J connectivity index is 1.71. The summed E-state index contributed by atoms with van der Waals surface area (Å²) in [6, 6.07) is 20.0. The van der Waals surface area contributed by atoms with Gasteiger partial charge in [0, 0.05) is 17.7 Å². The van der Waals surface area contributed by atoms with Crippen LogP contribution in [-0.2, 0) is 11.3 Å². The molecule has 3 aromatic rings. The maximum Gasteiger partial charge on any atom is 0.407 e. The lowest BCUT2D eigenvalue weighted by molar-refractivity contribution is 0.102. The summed E-state index contributed by atoms with van der Waals surface area (Å²) in [6.07, 6.45) is -0.512. The van der Waals surface area contributed by atoms with Gasteiger partial charge in [-0.05, 0) is 29.8 Å². The molecule has 1 aromatic heterocycles. The number of hydrogen-bond donors (Lipinski definition) is 3. The topological polar surface area (TPSA) is 106 Å². The molecule has 0 unspecified atom stereocenters. The van der Waals surface area contributed by atoms with Crippen molar-refractivity contribution < 1.29 is 14.3 Å². The molecule has 0 bridgehead atoms. The summed E-state index contributed by atoms with van der Waals surface area (Å²) in [5.41, 5.74) is 9.29. The normalized spacial score (nSPS) is 10.2. The zero-order valence-electron chi connectivity index (χ0n) is 15.3. The Morgan fingerprint density at radius 1 is 1.00 bits per heavy atom. The second-order valence-electron chi connectivity index (χ2n) is 6.00. The van der Waals surface area contributed by atoms with E-state index in [9.17, 15) is 9.59 Å². The number of nitrogens with one attached hydrogen (secondary N) is 2. The number of rotatable bonds is 5. The molecule has 0 aliphatic carbocycles. The van der Waals surface area contributed by atoms with E-state index in [1.165, 1.54) is 7.11 Å². The predicted octanol–water partition coefficient (Wildman–Crippen LogP) is 3.44. The molecule has 0 aliphatic heterocycles. The Kier molecular flexibility index (Phi) is 5.86. The number of carbonyl (C=O) groups is 2. The minimum atomic E-state index is -0.512. The van der Waals surface area contributed by atoms with Crippen LogP contribution >= 0.6 is 0 Å². The van der Waals surface area contributed by atoms with Crippen LogP contribution in [-0.4, -0.2) is 24.1 Å². The van der Waals surface area contributed by atoms with Crippen LogP contribution in [0.15, 0.2) is 66.7 Å². The molecular weight excluding hydrogens is 356 g/mol. The highest BCUT2D eigenvalue weighted by Gasteiger charge is 2.11. The van der Waals surface area contributed by atoms with Gasteiger partial charge >= 0.3 is 6.09 Å². The van der Waals surface area contributed by atoms with Gasteiger partial charge in [0.2, 0.25) is 0 Å². The first kappa shape index (κ1) is 18.9. The number of methoxy groups -OCH3 is 1. The first-order chi connectivity index (χ1) is 13.6. The van der Waals surface area contributed by atoms with E-state index in [1.807, 2.05) is 36.4 Å². The van der Waals surface area contributed by atoms with Gasteiger partial charge in [0.05, 0.1) is 18.5 Å². The van der Waals surface area contributed by atoms with E-state index >= 15 is 0 Å². The number of hydrogen-bond acceptors (Lipinski definition) is 5. The van der Waals surface area contributed by atoms with Crippen LogP contribution in [0.1, 0.15) is 15.9 Å². The Morgan fingerprint density at radius 3 is 2.39 bits per heavy atom. The number of alkyl carbamates (subject to hydrolysis) is 1. The number of anilines is 2. The van der Waals surface area contributed by atoms with Gasteiger partial charge in [0.15, 0.2) is 5.82 Å². The van der Waals surface area contributed by atoms with E-state index in [2.05, 4.69) is 20.4 Å². The number of ether oxygens (including phenoxy) is 1. The third-order valence-electron chi connectivity index (χ3n) is 4.07. The third kappa shape index (κ3) is 4.64. The summed E-state index contributed by atoms with van der Waals surface area (Å²) in [7, 11) is 1.30. The van der Waals surface area contributed by atoms with Crippen molar-refractivity contribution in [1.29, 1.82) is 0 Å². The van der Waals surface area contributed by atoms with E-state index in [0.717, 1.165) is 11.1 Å². The van der Waals surface area contributed by atoms with E-state index in [-0.39, 0.29) is 5.91 Å². The van der Waals surface area contributed by atoms with Crippen LogP contribution in [0.4, 0.5) is 16.3 Å². The SMILES string of the molecule is COC(=O)NCc1ccc(C(=O)Nc2nc(-c3ccccc3)ccc2N)cc1. The average molecular weight is 376 g/mol. The summed E-state index contributed by atoms with van der Waals surface area (Å²) in [5.74, 6) is -0.0142. The molecule has 28 heavy (non-hydrogen) atoms. The van der Waals surface area contributed by atoms with Crippen molar-refractivity contribution in [3.63, 3.8) is 0 Å². The van der Waals surface area contributed by atoms with E-state index in [4.69, 9.17) is 5.73 Å². The molecule has 0 aliphatic rings. The van der Waals surface area contributed by atoms with Gasteiger partial charge in [-0.2, -0.15) is 0 Å². The standard InChI is InChI=1S/C21H20N4O3/c1-28-21(27)23-13-14-7-9-16(10-8-14)20(26)25-19-17(22)11-12-18(24-19)15-5-3-2-4-6-15/h2-12H,13,22H2,1H3,(H,23,27)(H,24,25,26). The Morgan fingerprint density at radius 2 is 1.71 bits per heavy atom. The number of benzene rings is 2. The van der Waals surface area contributed by atoms with Gasteiger partial charge in [-0.1, -0.05) is 42.5 Å². The summed E-state index contributed by atoms with van der Waals surface area (Å²) in [6.45, 7) is 0.308. The molecule has 7 nitrogen and oxygen atoms in total. The number of pyridine rings is 1. The van der Waals surface area contributed by atoms with Crippen molar-refractivity contribution in [2.45, 2.75) is 6.54 Å². The number of nitrogens with two attached hydrogens (primary N) is 1. The van der Waals surface area contributed by atoms with E-state index in [0.29, 0.717) is 29.3 Å². The highest BCUT2D eigenvalue weighted by Crippen LogP contribution is 2.23. The van der Waals surface area contributed by atoms with Crippen molar-refractivity contribution in [2.24, 2.45) is 0 Å². The van der Waals surface area contributed by atoms with Crippen LogP contribution in [0.25, 0.3) is 11.3 Å². The Hall–Kier alpha value is -3.87. The van der Waals surface area contributed by atoms with Crippen LogP contribution in [0.5, 0.6) is 0 Å². The van der Waals surface area contributed by atoms with Crippen molar-refractivity contribution in [2.75, 3.05) is 18.2 Å². The smallest absolute Gasteiger partial charge is 0.407 e. The summed E-state index contributed by atoms with van der Waals surface area (Å²) in [4.78, 5) is 28.1. The molecule has 0 radical (unpaired) electrons. The Labute approximate surface area is 162 Å². The monoisotopic (exact) mass is 376 g/mol. The lowest BCUT2D eigenvalue weighted by atomic mass is 10.1. The number of amides is 2. The molecule has 0 saturated heterocycles. The van der Waals surface area contributed by atoms with Gasteiger partial charge in [0.25, 0.3) is 5.91 Å². The molecule has 142 valence electrons. The molecule has 4 N–H and O–H groups in total. The van der Waals surface area contributed by atoms with Crippen molar-refractivity contribution in [3.8, 4) is 11.3 Å². The average Bonchev–Trinajstić information content (AvgIpc) is 2.74. The molecule has 0 fully saturated rings. The zero-order valence-corrected chi connectivity index (χ0v) is 15.3. The largest absolute Gasteiger partial charge is 0.453 e. The fourth-order valence-electron chi connectivity index (χ4n) is 2.54. The maximum atomic E-state index is 12.5. The number of nitrogens with zero attached hydrogens (tertiary/aromatic N) is 1. The third-order valence-corrected chi connectivity index (χ3v) is 4.07. The predicted molar refractivity (Wildman–Crippen MR) is 108 cm³/mol. The van der Waals surface area contributed by atoms with E-state index in [1.54, 1.807) is 30.3 Å². The molecule has 7 heteroatoms. The summed E-state index contributed by atoms with van der Waals surface area (Å²) in [5, 5.41) is 5.33. The number of aromatic nitrogens is 1. The minimum Gasteiger partial charge on any atom is -0.453 e. The fraction of sp³-hybridized carbons (Fsp3) is 0.0952. The van der Waals surface area contributed by atoms with Gasteiger partial charge in [-0.15, -0.1) is 0 Å². The summed E-state index contributed by atoms with van der Waals surface area (Å²) >= 11 is 0. The van der Waals surface area contributed by atoms with Crippen LogP contribution < -0.4 is 16.4 Å². The van der Waals surface area contributed by atoms with Gasteiger partial charge in [-0.25, -0.2) is 9.78 Å². The Bertz CT molecular complexity index is 973. The fourth-order valence-corrected chi connectivity index (χ4v) is 2.54. The molecule has 3 rings (SSSR count). The second kappa shape index (κ2) is 8.68. The molecule has 0 atom stereocenters. The van der Waals surface area contributed by atoms with E-state index < -0.39 is 6.09 Å². The molecule has 0 spiro atoms. The molecular formula is C21H20N4O3. The van der Waals surface area contributed by atoms with Crippen LogP contribution in [0, 0.1) is 0 Å². The number of carbonyl (C=O) groups excluding carboxylic acids is 2.